The number of nitrogens with one attached hydrogen (secondary N) is 1. The third-order valence-corrected chi connectivity index (χ3v) is 3.17. The van der Waals surface area contributed by atoms with E-state index in [1.165, 1.54) is 0 Å². The zero-order valence-corrected chi connectivity index (χ0v) is 11.9. The maximum Gasteiger partial charge on any atom is 0.151 e. The molecule has 3 rings (SSSR count). The Labute approximate surface area is 121 Å². The van der Waals surface area contributed by atoms with E-state index < -0.39 is 0 Å². The second-order valence-electron chi connectivity index (χ2n) is 4.61. The summed E-state index contributed by atoms with van der Waals surface area (Å²) in [5.41, 5.74) is 1.89. The van der Waals surface area contributed by atoms with E-state index in [4.69, 9.17) is 11.6 Å². The number of rotatable bonds is 5. The molecule has 0 spiro atoms. The van der Waals surface area contributed by atoms with Crippen molar-refractivity contribution >= 4 is 17.2 Å². The molecule has 0 saturated carbocycles. The fraction of sp³-hybridized carbons (Fsp3) is 0.308. The quantitative estimate of drug-likeness (QED) is 0.723. The summed E-state index contributed by atoms with van der Waals surface area (Å²) in [6.07, 6.45) is 6.35. The van der Waals surface area contributed by atoms with Crippen LogP contribution >= 0.6 is 11.6 Å². The fourth-order valence-corrected chi connectivity index (χ4v) is 2.19. The Morgan fingerprint density at radius 1 is 1.30 bits per heavy atom. The molecule has 0 aliphatic heterocycles. The van der Waals surface area contributed by atoms with E-state index in [2.05, 4.69) is 20.4 Å². The third-order valence-electron chi connectivity index (χ3n) is 2.94. The van der Waals surface area contributed by atoms with Crippen LogP contribution in [0.15, 0.2) is 30.9 Å². The number of aryl methyl sites for hydroxylation is 1. The van der Waals surface area contributed by atoms with Gasteiger partial charge in [0.2, 0.25) is 0 Å². The first-order valence-electron chi connectivity index (χ1n) is 6.39. The largest absolute Gasteiger partial charge is 0.311 e. The van der Waals surface area contributed by atoms with Crippen molar-refractivity contribution in [3.63, 3.8) is 0 Å². The molecule has 0 bridgehead atoms. The summed E-state index contributed by atoms with van der Waals surface area (Å²) in [5, 5.41) is 8.27. The summed E-state index contributed by atoms with van der Waals surface area (Å²) in [4.78, 5) is 8.69. The zero-order chi connectivity index (χ0) is 13.9. The number of fused-ring (bicyclic) bond motifs is 1. The lowest BCUT2D eigenvalue weighted by atomic mass is 10.4. The van der Waals surface area contributed by atoms with Crippen molar-refractivity contribution in [1.82, 2.24) is 29.5 Å². The SMILES string of the molecule is Cn1cnc(CCNCc2cn3cc(Cl)ccc3n2)n1. The monoisotopic (exact) mass is 290 g/mol. The van der Waals surface area contributed by atoms with Gasteiger partial charge >= 0.3 is 0 Å². The highest BCUT2D eigenvalue weighted by atomic mass is 35.5. The summed E-state index contributed by atoms with van der Waals surface area (Å²) in [7, 11) is 1.87. The molecule has 0 saturated heterocycles. The molecule has 0 unspecified atom stereocenters. The van der Waals surface area contributed by atoms with Gasteiger partial charge in [-0.2, -0.15) is 5.10 Å². The van der Waals surface area contributed by atoms with Gasteiger partial charge in [0.05, 0.1) is 10.7 Å². The lowest BCUT2D eigenvalue weighted by Crippen LogP contribution is -2.17. The van der Waals surface area contributed by atoms with Gasteiger partial charge in [0.25, 0.3) is 0 Å². The van der Waals surface area contributed by atoms with Gasteiger partial charge in [-0.3, -0.25) is 4.68 Å². The van der Waals surface area contributed by atoms with E-state index in [0.717, 1.165) is 30.1 Å². The molecule has 0 fully saturated rings. The molecule has 104 valence electrons. The molecule has 0 aliphatic rings. The van der Waals surface area contributed by atoms with Gasteiger partial charge in [0.1, 0.15) is 12.0 Å². The molecule has 0 radical (unpaired) electrons. The van der Waals surface area contributed by atoms with Crippen LogP contribution in [0.25, 0.3) is 5.65 Å². The molecule has 3 aromatic rings. The molecule has 7 heteroatoms. The van der Waals surface area contributed by atoms with Gasteiger partial charge in [-0.1, -0.05) is 11.6 Å². The first-order valence-corrected chi connectivity index (χ1v) is 6.77. The van der Waals surface area contributed by atoms with E-state index >= 15 is 0 Å². The number of pyridine rings is 1. The number of imidazole rings is 1. The highest BCUT2D eigenvalue weighted by Gasteiger charge is 2.02. The third kappa shape index (κ3) is 2.97. The molecule has 0 atom stereocenters. The first-order chi connectivity index (χ1) is 9.70. The predicted octanol–water partition coefficient (Wildman–Crippen LogP) is 1.45. The minimum absolute atomic E-state index is 0.704. The first kappa shape index (κ1) is 13.1. The number of hydrogen-bond donors (Lipinski definition) is 1. The van der Waals surface area contributed by atoms with Gasteiger partial charge < -0.3 is 9.72 Å². The average Bonchev–Trinajstić information content (AvgIpc) is 3.00. The van der Waals surface area contributed by atoms with Crippen molar-refractivity contribution in [3.05, 3.63) is 47.4 Å². The molecule has 3 heterocycles. The predicted molar refractivity (Wildman–Crippen MR) is 76.6 cm³/mol. The van der Waals surface area contributed by atoms with Gasteiger partial charge in [0.15, 0.2) is 5.82 Å². The summed E-state index contributed by atoms with van der Waals surface area (Å²) in [5.74, 6) is 0.849. The van der Waals surface area contributed by atoms with E-state index in [-0.39, 0.29) is 0 Å². The van der Waals surface area contributed by atoms with Crippen LogP contribution < -0.4 is 5.32 Å². The zero-order valence-electron chi connectivity index (χ0n) is 11.1. The Kier molecular flexibility index (Phi) is 3.66. The Morgan fingerprint density at radius 2 is 2.20 bits per heavy atom. The maximum atomic E-state index is 5.94. The number of hydrogen-bond acceptors (Lipinski definition) is 4. The van der Waals surface area contributed by atoms with E-state index in [0.29, 0.717) is 11.6 Å². The highest BCUT2D eigenvalue weighted by molar-refractivity contribution is 6.30. The van der Waals surface area contributed by atoms with Crippen molar-refractivity contribution in [1.29, 1.82) is 0 Å². The fourth-order valence-electron chi connectivity index (χ4n) is 2.02. The van der Waals surface area contributed by atoms with Crippen LogP contribution in [0.3, 0.4) is 0 Å². The summed E-state index contributed by atoms with van der Waals surface area (Å²) in [6.45, 7) is 1.53. The van der Waals surface area contributed by atoms with Crippen LogP contribution in [0.2, 0.25) is 5.02 Å². The normalized spacial score (nSPS) is 11.3. The van der Waals surface area contributed by atoms with Crippen molar-refractivity contribution in [2.75, 3.05) is 6.54 Å². The Balaban J connectivity index is 1.54. The lowest BCUT2D eigenvalue weighted by Gasteiger charge is -1.99. The lowest BCUT2D eigenvalue weighted by molar-refractivity contribution is 0.654. The minimum atomic E-state index is 0.704. The molecule has 20 heavy (non-hydrogen) atoms. The van der Waals surface area contributed by atoms with E-state index in [1.54, 1.807) is 11.0 Å². The highest BCUT2D eigenvalue weighted by Crippen LogP contribution is 2.11. The Bertz CT molecular complexity index is 717. The van der Waals surface area contributed by atoms with E-state index in [1.807, 2.05) is 36.0 Å². The summed E-state index contributed by atoms with van der Waals surface area (Å²) >= 11 is 5.94. The van der Waals surface area contributed by atoms with Crippen LogP contribution in [-0.4, -0.2) is 30.7 Å². The van der Waals surface area contributed by atoms with Crippen molar-refractivity contribution < 1.29 is 0 Å². The van der Waals surface area contributed by atoms with Crippen LogP contribution in [-0.2, 0) is 20.0 Å². The molecule has 0 aromatic carbocycles. The molecule has 1 N–H and O–H groups in total. The van der Waals surface area contributed by atoms with Gasteiger partial charge in [0, 0.05) is 39.0 Å². The average molecular weight is 291 g/mol. The molecular formula is C13H15ClN6. The van der Waals surface area contributed by atoms with Crippen molar-refractivity contribution in [2.24, 2.45) is 7.05 Å². The summed E-state index contributed by atoms with van der Waals surface area (Å²) < 4.78 is 3.64. The molecular weight excluding hydrogens is 276 g/mol. The van der Waals surface area contributed by atoms with Gasteiger partial charge in [-0.15, -0.1) is 0 Å². The van der Waals surface area contributed by atoms with Crippen molar-refractivity contribution in [3.8, 4) is 0 Å². The minimum Gasteiger partial charge on any atom is -0.311 e. The number of nitrogens with zero attached hydrogens (tertiary/aromatic N) is 5. The molecule has 6 nitrogen and oxygen atoms in total. The Morgan fingerprint density at radius 3 is 3.00 bits per heavy atom. The molecule has 0 aliphatic carbocycles. The van der Waals surface area contributed by atoms with Crippen LogP contribution in [0.1, 0.15) is 11.5 Å². The van der Waals surface area contributed by atoms with Gasteiger partial charge in [-0.05, 0) is 12.1 Å². The topological polar surface area (TPSA) is 60.0 Å². The number of aromatic nitrogens is 5. The standard InChI is InChI=1S/C13H15ClN6/c1-19-9-16-12(18-19)4-5-15-6-11-8-20-7-10(14)2-3-13(20)17-11/h2-3,7-9,15H,4-6H2,1H3. The number of halogens is 1. The Hall–Kier alpha value is -1.92. The second kappa shape index (κ2) is 5.60. The maximum absolute atomic E-state index is 5.94. The van der Waals surface area contributed by atoms with Crippen LogP contribution in [0.5, 0.6) is 0 Å². The van der Waals surface area contributed by atoms with Crippen molar-refractivity contribution in [2.45, 2.75) is 13.0 Å². The summed E-state index contributed by atoms with van der Waals surface area (Å²) in [6, 6.07) is 3.75. The van der Waals surface area contributed by atoms with Crippen LogP contribution in [0, 0.1) is 0 Å². The molecule has 3 aromatic heterocycles. The second-order valence-corrected chi connectivity index (χ2v) is 5.04. The van der Waals surface area contributed by atoms with Gasteiger partial charge in [-0.25, -0.2) is 9.97 Å². The van der Waals surface area contributed by atoms with E-state index in [9.17, 15) is 0 Å². The smallest absolute Gasteiger partial charge is 0.151 e. The molecule has 0 amide bonds. The van der Waals surface area contributed by atoms with Crippen LogP contribution in [0.4, 0.5) is 0 Å².